The minimum atomic E-state index is -1.67. The molecule has 0 N–H and O–H groups in total. The normalized spacial score (nSPS) is 12.7. The van der Waals surface area contributed by atoms with Gasteiger partial charge in [0.15, 0.2) is 0 Å². The van der Waals surface area contributed by atoms with E-state index in [1.807, 2.05) is 6.07 Å². The second-order valence-corrected chi connectivity index (χ2v) is 10.4. The van der Waals surface area contributed by atoms with Crippen molar-refractivity contribution in [3.63, 3.8) is 0 Å². The molecule has 0 radical (unpaired) electrons. The first-order valence-electron chi connectivity index (χ1n) is 5.48. The van der Waals surface area contributed by atoms with Gasteiger partial charge >= 0.3 is 0 Å². The van der Waals surface area contributed by atoms with Gasteiger partial charge in [0.25, 0.3) is 0 Å². The Hall–Kier alpha value is -0.763. The van der Waals surface area contributed by atoms with E-state index in [4.69, 9.17) is 4.43 Å². The molecule has 1 aromatic rings. The van der Waals surface area contributed by atoms with Crippen molar-refractivity contribution >= 4 is 8.32 Å². The highest BCUT2D eigenvalue weighted by Gasteiger charge is 2.38. The van der Waals surface area contributed by atoms with Crippen molar-refractivity contribution in [2.45, 2.75) is 45.8 Å². The van der Waals surface area contributed by atoms with Crippen molar-refractivity contribution in [1.29, 1.82) is 0 Å². The lowest BCUT2D eigenvalue weighted by atomic mass is 10.2. The molecule has 0 spiro atoms. The first-order valence-corrected chi connectivity index (χ1v) is 8.39. The van der Waals surface area contributed by atoms with E-state index in [2.05, 4.69) is 59.0 Å². The Bertz CT molecular complexity index is 337. The minimum absolute atomic E-state index is 0.261. The van der Waals surface area contributed by atoms with Crippen molar-refractivity contribution in [2.75, 3.05) is 0 Å². The van der Waals surface area contributed by atoms with Gasteiger partial charge in [0.05, 0.1) is 0 Å². The van der Waals surface area contributed by atoms with Gasteiger partial charge < -0.3 is 4.43 Å². The average Bonchev–Trinajstić information content (AvgIpc) is 2.00. The van der Waals surface area contributed by atoms with Gasteiger partial charge in [-0.05, 0) is 42.8 Å². The third-order valence-corrected chi connectivity index (χ3v) is 7.53. The van der Waals surface area contributed by atoms with Gasteiger partial charge in [0.1, 0.15) is 5.75 Å². The summed E-state index contributed by atoms with van der Waals surface area (Å²) in [6.07, 6.45) is 0. The number of aryl methyl sites for hydroxylation is 1. The van der Waals surface area contributed by atoms with Crippen LogP contribution in [-0.4, -0.2) is 8.32 Å². The van der Waals surface area contributed by atoms with Gasteiger partial charge in [-0.2, -0.15) is 0 Å². The van der Waals surface area contributed by atoms with E-state index >= 15 is 0 Å². The van der Waals surface area contributed by atoms with Gasteiger partial charge in [0, 0.05) is 0 Å². The summed E-state index contributed by atoms with van der Waals surface area (Å²) in [6, 6.07) is 8.31. The molecule has 0 aliphatic rings. The van der Waals surface area contributed by atoms with E-state index in [1.165, 1.54) is 5.56 Å². The number of rotatable bonds is 2. The molecule has 0 atom stereocenters. The maximum atomic E-state index is 6.19. The van der Waals surface area contributed by atoms with Gasteiger partial charge in [-0.15, -0.1) is 0 Å². The van der Waals surface area contributed by atoms with Gasteiger partial charge in [-0.25, -0.2) is 0 Å². The Labute approximate surface area is 94.6 Å². The molecular weight excluding hydrogens is 200 g/mol. The van der Waals surface area contributed by atoms with Crippen molar-refractivity contribution in [3.8, 4) is 5.75 Å². The second kappa shape index (κ2) is 4.01. The van der Waals surface area contributed by atoms with Crippen LogP contribution in [0.4, 0.5) is 0 Å². The van der Waals surface area contributed by atoms with Crippen LogP contribution in [0.5, 0.6) is 5.75 Å². The lowest BCUT2D eigenvalue weighted by molar-refractivity contribution is 0.492. The molecule has 0 bridgehead atoms. The molecule has 1 nitrogen and oxygen atoms in total. The quantitative estimate of drug-likeness (QED) is 0.675. The fourth-order valence-corrected chi connectivity index (χ4v) is 2.15. The molecule has 84 valence electrons. The lowest BCUT2D eigenvalue weighted by Gasteiger charge is -2.36. The van der Waals surface area contributed by atoms with Crippen LogP contribution in [0.3, 0.4) is 0 Å². The largest absolute Gasteiger partial charge is 0.543 e. The lowest BCUT2D eigenvalue weighted by Crippen LogP contribution is -2.43. The molecule has 0 saturated carbocycles. The predicted molar refractivity (Wildman–Crippen MR) is 69.0 cm³/mol. The van der Waals surface area contributed by atoms with E-state index in [0.29, 0.717) is 0 Å². The highest BCUT2D eigenvalue weighted by Crippen LogP contribution is 2.37. The van der Waals surface area contributed by atoms with E-state index in [9.17, 15) is 0 Å². The first kappa shape index (κ1) is 12.3. The summed E-state index contributed by atoms with van der Waals surface area (Å²) in [7, 11) is -1.67. The molecule has 0 aromatic heterocycles. The van der Waals surface area contributed by atoms with E-state index in [0.717, 1.165) is 5.75 Å². The first-order chi connectivity index (χ1) is 6.72. The Kier molecular flexibility index (Phi) is 3.29. The second-order valence-electron chi connectivity index (χ2n) is 5.68. The van der Waals surface area contributed by atoms with Gasteiger partial charge in [-0.1, -0.05) is 32.9 Å². The maximum Gasteiger partial charge on any atom is 0.250 e. The Morgan fingerprint density at radius 1 is 1.13 bits per heavy atom. The molecular formula is C13H22OSi. The standard InChI is InChI=1S/C13H22OSi/c1-11-8-7-9-12(10-11)14-15(5,6)13(2,3)4/h7-10H,1-6H3. The van der Waals surface area contributed by atoms with Crippen LogP contribution in [0.25, 0.3) is 0 Å². The van der Waals surface area contributed by atoms with Crippen LogP contribution in [0.2, 0.25) is 18.1 Å². The molecule has 0 aliphatic carbocycles. The average molecular weight is 222 g/mol. The summed E-state index contributed by atoms with van der Waals surface area (Å²) in [5.74, 6) is 1.02. The van der Waals surface area contributed by atoms with Crippen molar-refractivity contribution in [3.05, 3.63) is 29.8 Å². The molecule has 0 unspecified atom stereocenters. The summed E-state index contributed by atoms with van der Waals surface area (Å²) in [5.41, 5.74) is 1.26. The third kappa shape index (κ3) is 3.10. The number of hydrogen-bond donors (Lipinski definition) is 0. The number of hydrogen-bond acceptors (Lipinski definition) is 1. The van der Waals surface area contributed by atoms with Crippen molar-refractivity contribution < 1.29 is 4.43 Å². The zero-order valence-corrected chi connectivity index (χ0v) is 11.7. The summed E-state index contributed by atoms with van der Waals surface area (Å²) in [6.45, 7) is 13.4. The zero-order valence-electron chi connectivity index (χ0n) is 10.7. The third-order valence-electron chi connectivity index (χ3n) is 3.17. The van der Waals surface area contributed by atoms with Crippen LogP contribution < -0.4 is 4.43 Å². The summed E-state index contributed by atoms with van der Waals surface area (Å²) in [4.78, 5) is 0. The molecule has 0 aliphatic heterocycles. The van der Waals surface area contributed by atoms with Crippen LogP contribution in [0.1, 0.15) is 26.3 Å². The molecule has 1 aromatic carbocycles. The van der Waals surface area contributed by atoms with E-state index in [1.54, 1.807) is 0 Å². The highest BCUT2D eigenvalue weighted by molar-refractivity contribution is 6.74. The van der Waals surface area contributed by atoms with E-state index < -0.39 is 8.32 Å². The van der Waals surface area contributed by atoms with Crippen LogP contribution in [-0.2, 0) is 0 Å². The predicted octanol–water partition coefficient (Wildman–Crippen LogP) is 4.38. The van der Waals surface area contributed by atoms with Crippen molar-refractivity contribution in [1.82, 2.24) is 0 Å². The Balaban J connectivity index is 2.87. The summed E-state index contributed by atoms with van der Waals surface area (Å²) in [5, 5.41) is 0.261. The molecule has 0 heterocycles. The molecule has 0 saturated heterocycles. The van der Waals surface area contributed by atoms with Crippen molar-refractivity contribution in [2.24, 2.45) is 0 Å². The monoisotopic (exact) mass is 222 g/mol. The van der Waals surface area contributed by atoms with E-state index in [-0.39, 0.29) is 5.04 Å². The molecule has 2 heteroatoms. The topological polar surface area (TPSA) is 9.23 Å². The summed E-state index contributed by atoms with van der Waals surface area (Å²) >= 11 is 0. The molecule has 0 fully saturated rings. The molecule has 0 amide bonds. The Morgan fingerprint density at radius 2 is 1.73 bits per heavy atom. The minimum Gasteiger partial charge on any atom is -0.543 e. The SMILES string of the molecule is Cc1cccc(O[Si](C)(C)C(C)(C)C)c1. The maximum absolute atomic E-state index is 6.19. The van der Waals surface area contributed by atoms with Crippen LogP contribution in [0, 0.1) is 6.92 Å². The fraction of sp³-hybridized carbons (Fsp3) is 0.538. The van der Waals surface area contributed by atoms with Gasteiger partial charge in [0.2, 0.25) is 8.32 Å². The summed E-state index contributed by atoms with van der Waals surface area (Å²) < 4.78 is 6.19. The Morgan fingerprint density at radius 3 is 2.20 bits per heavy atom. The smallest absolute Gasteiger partial charge is 0.250 e. The fourth-order valence-electron chi connectivity index (χ4n) is 1.13. The van der Waals surface area contributed by atoms with Gasteiger partial charge in [-0.3, -0.25) is 0 Å². The van der Waals surface area contributed by atoms with Crippen LogP contribution >= 0.6 is 0 Å². The highest BCUT2D eigenvalue weighted by atomic mass is 28.4. The number of benzene rings is 1. The van der Waals surface area contributed by atoms with Crippen LogP contribution in [0.15, 0.2) is 24.3 Å². The molecule has 1 rings (SSSR count). The molecule has 15 heavy (non-hydrogen) atoms. The zero-order chi connectivity index (χ0) is 11.7.